The van der Waals surface area contributed by atoms with Gasteiger partial charge in [0.1, 0.15) is 17.0 Å². The van der Waals surface area contributed by atoms with E-state index in [0.717, 1.165) is 47.9 Å². The molecule has 2 aromatic heterocycles. The molecule has 0 atom stereocenters. The van der Waals surface area contributed by atoms with Crippen molar-refractivity contribution < 1.29 is 8.83 Å². The van der Waals surface area contributed by atoms with Crippen molar-refractivity contribution in [2.24, 2.45) is 0 Å². The number of thioether (sulfide) groups is 1. The van der Waals surface area contributed by atoms with Gasteiger partial charge in [0.2, 0.25) is 0 Å². The van der Waals surface area contributed by atoms with Crippen molar-refractivity contribution in [1.29, 1.82) is 0 Å². The van der Waals surface area contributed by atoms with Crippen molar-refractivity contribution in [1.82, 2.24) is 10.3 Å². The van der Waals surface area contributed by atoms with Crippen molar-refractivity contribution >= 4 is 22.9 Å². The molecule has 1 N–H and O–H groups in total. The number of furan rings is 1. The molecule has 0 fully saturated rings. The van der Waals surface area contributed by atoms with Crippen LogP contribution < -0.4 is 5.32 Å². The second kappa shape index (κ2) is 6.83. The van der Waals surface area contributed by atoms with Crippen LogP contribution in [0.4, 0.5) is 0 Å². The molecule has 0 spiro atoms. The van der Waals surface area contributed by atoms with E-state index in [0.29, 0.717) is 5.22 Å². The second-order valence-electron chi connectivity index (χ2n) is 4.78. The van der Waals surface area contributed by atoms with E-state index in [2.05, 4.69) is 17.2 Å². The van der Waals surface area contributed by atoms with E-state index in [1.165, 1.54) is 0 Å². The maximum atomic E-state index is 5.77. The van der Waals surface area contributed by atoms with Gasteiger partial charge < -0.3 is 14.2 Å². The molecule has 0 bridgehead atoms. The molecule has 0 aliphatic carbocycles. The summed E-state index contributed by atoms with van der Waals surface area (Å²) in [5.41, 5.74) is 1.72. The second-order valence-corrected chi connectivity index (χ2v) is 5.71. The third-order valence-electron chi connectivity index (χ3n) is 3.06. The van der Waals surface area contributed by atoms with Crippen LogP contribution in [0, 0.1) is 0 Å². The van der Waals surface area contributed by atoms with Gasteiger partial charge in [-0.1, -0.05) is 30.8 Å². The van der Waals surface area contributed by atoms with Crippen molar-refractivity contribution in [2.45, 2.75) is 30.9 Å². The monoisotopic (exact) mass is 302 g/mol. The van der Waals surface area contributed by atoms with Gasteiger partial charge in [0.05, 0.1) is 12.3 Å². The molecule has 4 nitrogen and oxygen atoms in total. The van der Waals surface area contributed by atoms with E-state index in [4.69, 9.17) is 8.83 Å². The fourth-order valence-electron chi connectivity index (χ4n) is 2.03. The lowest BCUT2D eigenvalue weighted by atomic mass is 10.3. The maximum absolute atomic E-state index is 5.77. The molecule has 1 aromatic carbocycles. The minimum Gasteiger partial charge on any atom is -0.464 e. The topological polar surface area (TPSA) is 51.2 Å². The van der Waals surface area contributed by atoms with Gasteiger partial charge >= 0.3 is 0 Å². The molecular weight excluding hydrogens is 284 g/mol. The van der Waals surface area contributed by atoms with Gasteiger partial charge in [-0.2, -0.15) is 0 Å². The minimum absolute atomic E-state index is 0.679. The van der Waals surface area contributed by atoms with E-state index in [9.17, 15) is 0 Å². The van der Waals surface area contributed by atoms with Crippen LogP contribution in [0.5, 0.6) is 0 Å². The highest BCUT2D eigenvalue weighted by Crippen LogP contribution is 2.26. The van der Waals surface area contributed by atoms with Crippen LogP contribution in [0.3, 0.4) is 0 Å². The van der Waals surface area contributed by atoms with Gasteiger partial charge in [-0.25, -0.2) is 4.98 Å². The van der Waals surface area contributed by atoms with Crippen LogP contribution in [0.2, 0.25) is 0 Å². The fourth-order valence-corrected chi connectivity index (χ4v) is 2.76. The molecule has 5 heteroatoms. The van der Waals surface area contributed by atoms with Crippen molar-refractivity contribution in [3.63, 3.8) is 0 Å². The molecule has 2 heterocycles. The molecule has 0 aliphatic heterocycles. The molecule has 21 heavy (non-hydrogen) atoms. The first-order valence-corrected chi connectivity index (χ1v) is 8.10. The fraction of sp³-hybridized carbons (Fsp3) is 0.312. The zero-order valence-electron chi connectivity index (χ0n) is 12.0. The first kappa shape index (κ1) is 14.2. The summed E-state index contributed by atoms with van der Waals surface area (Å²) < 4.78 is 11.4. The Balaban J connectivity index is 1.57. The average molecular weight is 302 g/mol. The lowest BCUT2D eigenvalue weighted by molar-refractivity contribution is 0.457. The first-order valence-electron chi connectivity index (χ1n) is 7.12. The van der Waals surface area contributed by atoms with Crippen LogP contribution in [-0.2, 0) is 12.3 Å². The normalized spacial score (nSPS) is 11.3. The van der Waals surface area contributed by atoms with Crippen molar-refractivity contribution in [2.75, 3.05) is 6.54 Å². The third kappa shape index (κ3) is 3.68. The molecule has 110 valence electrons. The van der Waals surface area contributed by atoms with Gasteiger partial charge in [0, 0.05) is 0 Å². The summed E-state index contributed by atoms with van der Waals surface area (Å²) in [4.78, 5) is 4.44. The number of rotatable bonds is 7. The van der Waals surface area contributed by atoms with Crippen LogP contribution in [0.15, 0.2) is 50.5 Å². The number of fused-ring (bicyclic) bond motifs is 1. The number of benzene rings is 1. The van der Waals surface area contributed by atoms with Crippen LogP contribution in [-0.4, -0.2) is 11.5 Å². The predicted octanol–water partition coefficient (Wildman–Crippen LogP) is 4.21. The summed E-state index contributed by atoms with van der Waals surface area (Å²) in [5, 5.41) is 4.00. The van der Waals surface area contributed by atoms with E-state index in [1.807, 2.05) is 36.4 Å². The Morgan fingerprint density at radius 1 is 1.10 bits per heavy atom. The molecule has 0 saturated heterocycles. The summed E-state index contributed by atoms with van der Waals surface area (Å²) in [6.45, 7) is 3.94. The van der Waals surface area contributed by atoms with Gasteiger partial charge in [-0.15, -0.1) is 0 Å². The van der Waals surface area contributed by atoms with Gasteiger partial charge in [0.25, 0.3) is 5.22 Å². The number of nitrogens with one attached hydrogen (secondary N) is 1. The van der Waals surface area contributed by atoms with Crippen molar-refractivity contribution in [3.05, 3.63) is 47.9 Å². The molecule has 0 saturated carbocycles. The third-order valence-corrected chi connectivity index (χ3v) is 3.91. The van der Waals surface area contributed by atoms with E-state index < -0.39 is 0 Å². The summed E-state index contributed by atoms with van der Waals surface area (Å²) in [6, 6.07) is 11.8. The van der Waals surface area contributed by atoms with Gasteiger partial charge in [-0.05, 0) is 37.2 Å². The minimum atomic E-state index is 0.679. The number of hydrogen-bond donors (Lipinski definition) is 1. The summed E-state index contributed by atoms with van der Waals surface area (Å²) in [7, 11) is 0. The van der Waals surface area contributed by atoms with Crippen LogP contribution >= 0.6 is 11.8 Å². The molecule has 0 radical (unpaired) electrons. The quantitative estimate of drug-likeness (QED) is 0.523. The Labute approximate surface area is 127 Å². The first-order chi connectivity index (χ1) is 10.3. The van der Waals surface area contributed by atoms with Crippen LogP contribution in [0.1, 0.15) is 24.9 Å². The number of oxazole rings is 1. The lowest BCUT2D eigenvalue weighted by Crippen LogP contribution is -2.12. The standard InChI is InChI=1S/C16H18N2O2S/c1-2-9-17-10-12-7-8-13(19-12)11-21-16-18-14-5-3-4-6-15(14)20-16/h3-8,17H,2,9-11H2,1H3. The zero-order valence-corrected chi connectivity index (χ0v) is 12.8. The Hall–Kier alpha value is -1.72. The van der Waals surface area contributed by atoms with Gasteiger partial charge in [0.15, 0.2) is 5.58 Å². The van der Waals surface area contributed by atoms with E-state index >= 15 is 0 Å². The molecular formula is C16H18N2O2S. The summed E-state index contributed by atoms with van der Waals surface area (Å²) in [6.07, 6.45) is 1.13. The Kier molecular flexibility index (Phi) is 4.62. The zero-order chi connectivity index (χ0) is 14.5. The lowest BCUT2D eigenvalue weighted by Gasteiger charge is -1.99. The van der Waals surface area contributed by atoms with Crippen LogP contribution in [0.25, 0.3) is 11.1 Å². The number of para-hydroxylation sites is 2. The highest BCUT2D eigenvalue weighted by molar-refractivity contribution is 7.98. The number of hydrogen-bond acceptors (Lipinski definition) is 5. The molecule has 0 aliphatic rings. The predicted molar refractivity (Wildman–Crippen MR) is 84.3 cm³/mol. The molecule has 3 aromatic rings. The average Bonchev–Trinajstić information content (AvgIpc) is 3.11. The van der Waals surface area contributed by atoms with E-state index in [-0.39, 0.29) is 0 Å². The molecule has 0 amide bonds. The highest BCUT2D eigenvalue weighted by atomic mass is 32.2. The number of aromatic nitrogens is 1. The van der Waals surface area contributed by atoms with Crippen molar-refractivity contribution in [3.8, 4) is 0 Å². The SMILES string of the molecule is CCCNCc1ccc(CSc2nc3ccccc3o2)o1. The molecule has 0 unspecified atom stereocenters. The largest absolute Gasteiger partial charge is 0.464 e. The van der Waals surface area contributed by atoms with Gasteiger partial charge in [-0.3, -0.25) is 0 Å². The highest BCUT2D eigenvalue weighted by Gasteiger charge is 2.08. The Morgan fingerprint density at radius 2 is 1.95 bits per heavy atom. The Bertz CT molecular complexity index is 672. The molecule has 3 rings (SSSR count). The summed E-state index contributed by atoms with van der Waals surface area (Å²) >= 11 is 1.55. The summed E-state index contributed by atoms with van der Waals surface area (Å²) in [5.74, 6) is 2.63. The smallest absolute Gasteiger partial charge is 0.257 e. The maximum Gasteiger partial charge on any atom is 0.257 e. The number of nitrogens with zero attached hydrogens (tertiary/aromatic N) is 1. The van der Waals surface area contributed by atoms with E-state index in [1.54, 1.807) is 11.8 Å². The Morgan fingerprint density at radius 3 is 2.81 bits per heavy atom.